The topological polar surface area (TPSA) is 30.5 Å². The predicted octanol–water partition coefficient (Wildman–Crippen LogP) is 3.48. The van der Waals surface area contributed by atoms with Crippen LogP contribution in [0.4, 0.5) is 5.69 Å². The Morgan fingerprint density at radius 2 is 2.00 bits per heavy atom. The fourth-order valence-electron chi connectivity index (χ4n) is 2.22. The van der Waals surface area contributed by atoms with Crippen LogP contribution >= 0.6 is 0 Å². The molecular formula is C16H23NO2. The van der Waals surface area contributed by atoms with Gasteiger partial charge in [0.25, 0.3) is 0 Å². The molecule has 1 aliphatic carbocycles. The first-order valence-electron chi connectivity index (χ1n) is 6.99. The maximum Gasteiger partial charge on any atom is 0.119 e. The number of benzene rings is 1. The number of nitrogens with one attached hydrogen (secondary N) is 1. The Kier molecular flexibility index (Phi) is 5.76. The standard InChI is InChI=1S/C16H23NO2/c1-18-11-12-19-16-9-7-15(8-10-16)17-13-14-5-3-2-4-6-14/h2-3,7-10,14,17H,4-6,11-13H2,1H3. The van der Waals surface area contributed by atoms with Crippen LogP contribution in [0.15, 0.2) is 36.4 Å². The highest BCUT2D eigenvalue weighted by molar-refractivity contribution is 5.46. The molecule has 0 radical (unpaired) electrons. The minimum Gasteiger partial charge on any atom is -0.491 e. The molecule has 104 valence electrons. The van der Waals surface area contributed by atoms with Gasteiger partial charge in [0.1, 0.15) is 12.4 Å². The van der Waals surface area contributed by atoms with Crippen molar-refractivity contribution in [3.05, 3.63) is 36.4 Å². The maximum atomic E-state index is 5.53. The molecule has 0 amide bonds. The van der Waals surface area contributed by atoms with Crippen LogP contribution < -0.4 is 10.1 Å². The monoisotopic (exact) mass is 261 g/mol. The van der Waals surface area contributed by atoms with Crippen molar-refractivity contribution in [3.8, 4) is 5.75 Å². The summed E-state index contributed by atoms with van der Waals surface area (Å²) in [5.41, 5.74) is 1.16. The molecule has 1 N–H and O–H groups in total. The second kappa shape index (κ2) is 7.85. The molecule has 0 aliphatic heterocycles. The van der Waals surface area contributed by atoms with Crippen LogP contribution in [0.5, 0.6) is 5.75 Å². The van der Waals surface area contributed by atoms with Gasteiger partial charge in [0.15, 0.2) is 0 Å². The highest BCUT2D eigenvalue weighted by Crippen LogP contribution is 2.20. The summed E-state index contributed by atoms with van der Waals surface area (Å²) in [5.74, 6) is 1.66. The van der Waals surface area contributed by atoms with Crippen LogP contribution in [0.3, 0.4) is 0 Å². The Morgan fingerprint density at radius 1 is 1.16 bits per heavy atom. The summed E-state index contributed by atoms with van der Waals surface area (Å²) in [6, 6.07) is 8.14. The van der Waals surface area contributed by atoms with E-state index in [2.05, 4.69) is 29.6 Å². The van der Waals surface area contributed by atoms with Crippen LogP contribution in [0.1, 0.15) is 19.3 Å². The van der Waals surface area contributed by atoms with Crippen LogP contribution in [0.25, 0.3) is 0 Å². The third kappa shape index (κ3) is 4.95. The summed E-state index contributed by atoms with van der Waals surface area (Å²) < 4.78 is 10.5. The molecule has 0 saturated carbocycles. The molecule has 0 spiro atoms. The SMILES string of the molecule is COCCOc1ccc(NCC2CC=CCC2)cc1. The smallest absolute Gasteiger partial charge is 0.119 e. The molecular weight excluding hydrogens is 238 g/mol. The Morgan fingerprint density at radius 3 is 2.68 bits per heavy atom. The van der Waals surface area contributed by atoms with Crippen molar-refractivity contribution in [3.63, 3.8) is 0 Å². The molecule has 2 rings (SSSR count). The number of rotatable bonds is 7. The average Bonchev–Trinajstić information content (AvgIpc) is 2.48. The Bertz CT molecular complexity index is 386. The zero-order valence-electron chi connectivity index (χ0n) is 11.6. The minimum absolute atomic E-state index is 0.595. The van der Waals surface area contributed by atoms with E-state index in [1.54, 1.807) is 7.11 Å². The van der Waals surface area contributed by atoms with Gasteiger partial charge in [-0.3, -0.25) is 0 Å². The van der Waals surface area contributed by atoms with Gasteiger partial charge in [0, 0.05) is 19.3 Å². The molecule has 19 heavy (non-hydrogen) atoms. The zero-order chi connectivity index (χ0) is 13.3. The fraction of sp³-hybridized carbons (Fsp3) is 0.500. The second-order valence-corrected chi connectivity index (χ2v) is 4.90. The van der Waals surface area contributed by atoms with Crippen LogP contribution in [-0.2, 0) is 4.74 Å². The van der Waals surface area contributed by atoms with Crippen LogP contribution in [0, 0.1) is 5.92 Å². The molecule has 3 heteroatoms. The van der Waals surface area contributed by atoms with Gasteiger partial charge in [-0.2, -0.15) is 0 Å². The van der Waals surface area contributed by atoms with Crippen molar-refractivity contribution >= 4 is 5.69 Å². The van der Waals surface area contributed by atoms with Crippen LogP contribution in [0.2, 0.25) is 0 Å². The summed E-state index contributed by atoms with van der Waals surface area (Å²) in [4.78, 5) is 0. The molecule has 1 aromatic carbocycles. The molecule has 0 saturated heterocycles. The summed E-state index contributed by atoms with van der Waals surface area (Å²) in [6.45, 7) is 2.26. The second-order valence-electron chi connectivity index (χ2n) is 4.90. The quantitative estimate of drug-likeness (QED) is 0.602. The Labute approximate surface area is 115 Å². The first-order chi connectivity index (χ1) is 9.38. The van der Waals surface area contributed by atoms with Crippen molar-refractivity contribution in [2.24, 2.45) is 5.92 Å². The maximum absolute atomic E-state index is 5.53. The first kappa shape index (κ1) is 13.9. The molecule has 1 atom stereocenters. The van der Waals surface area contributed by atoms with Gasteiger partial charge in [-0.25, -0.2) is 0 Å². The highest BCUT2D eigenvalue weighted by atomic mass is 16.5. The third-order valence-corrected chi connectivity index (χ3v) is 3.38. The van der Waals surface area contributed by atoms with Gasteiger partial charge < -0.3 is 14.8 Å². The van der Waals surface area contributed by atoms with Crippen LogP contribution in [-0.4, -0.2) is 26.9 Å². The normalized spacial score (nSPS) is 18.3. The third-order valence-electron chi connectivity index (χ3n) is 3.38. The van der Waals surface area contributed by atoms with E-state index < -0.39 is 0 Å². The first-order valence-corrected chi connectivity index (χ1v) is 6.99. The Hall–Kier alpha value is -1.48. The van der Waals surface area contributed by atoms with Gasteiger partial charge in [-0.05, 0) is 49.4 Å². The van der Waals surface area contributed by atoms with Crippen molar-refractivity contribution in [1.29, 1.82) is 0 Å². The summed E-state index contributed by atoms with van der Waals surface area (Å²) >= 11 is 0. The van der Waals surface area contributed by atoms with E-state index in [0.717, 1.165) is 23.9 Å². The fourth-order valence-corrected chi connectivity index (χ4v) is 2.22. The number of methoxy groups -OCH3 is 1. The lowest BCUT2D eigenvalue weighted by atomic mass is 9.94. The number of anilines is 1. The number of allylic oxidation sites excluding steroid dienone is 2. The average molecular weight is 261 g/mol. The lowest BCUT2D eigenvalue weighted by Crippen LogP contribution is -2.15. The molecule has 1 unspecified atom stereocenters. The van der Waals surface area contributed by atoms with E-state index >= 15 is 0 Å². The molecule has 1 aromatic rings. The van der Waals surface area contributed by atoms with Gasteiger partial charge >= 0.3 is 0 Å². The number of hydrogen-bond acceptors (Lipinski definition) is 3. The lowest BCUT2D eigenvalue weighted by molar-refractivity contribution is 0.146. The van der Waals surface area contributed by atoms with E-state index in [1.807, 2.05) is 12.1 Å². The van der Waals surface area contributed by atoms with Gasteiger partial charge in [-0.1, -0.05) is 12.2 Å². The minimum atomic E-state index is 0.595. The molecule has 0 heterocycles. The summed E-state index contributed by atoms with van der Waals surface area (Å²) in [6.07, 6.45) is 8.29. The van der Waals surface area contributed by atoms with Gasteiger partial charge in [0.2, 0.25) is 0 Å². The van der Waals surface area contributed by atoms with Crippen molar-refractivity contribution in [2.75, 3.05) is 32.2 Å². The van der Waals surface area contributed by atoms with E-state index in [4.69, 9.17) is 9.47 Å². The Balaban J connectivity index is 1.73. The highest BCUT2D eigenvalue weighted by Gasteiger charge is 2.09. The predicted molar refractivity (Wildman–Crippen MR) is 78.8 cm³/mol. The van der Waals surface area contributed by atoms with E-state index in [1.165, 1.54) is 19.3 Å². The number of ether oxygens (including phenoxy) is 2. The summed E-state index contributed by atoms with van der Waals surface area (Å²) in [7, 11) is 1.68. The molecule has 0 fully saturated rings. The van der Waals surface area contributed by atoms with E-state index in [-0.39, 0.29) is 0 Å². The van der Waals surface area contributed by atoms with Gasteiger partial charge in [0.05, 0.1) is 6.61 Å². The molecule has 1 aliphatic rings. The number of hydrogen-bond donors (Lipinski definition) is 1. The summed E-state index contributed by atoms with van der Waals surface area (Å²) in [5, 5.41) is 3.49. The van der Waals surface area contributed by atoms with Gasteiger partial charge in [-0.15, -0.1) is 0 Å². The molecule has 0 bridgehead atoms. The zero-order valence-corrected chi connectivity index (χ0v) is 11.6. The molecule has 0 aromatic heterocycles. The van der Waals surface area contributed by atoms with E-state index in [0.29, 0.717) is 13.2 Å². The van der Waals surface area contributed by atoms with E-state index in [9.17, 15) is 0 Å². The van der Waals surface area contributed by atoms with Crippen molar-refractivity contribution in [2.45, 2.75) is 19.3 Å². The lowest BCUT2D eigenvalue weighted by Gasteiger charge is -2.18. The van der Waals surface area contributed by atoms with Crippen molar-refractivity contribution < 1.29 is 9.47 Å². The largest absolute Gasteiger partial charge is 0.491 e. The molecule has 3 nitrogen and oxygen atoms in total. The van der Waals surface area contributed by atoms with Crippen molar-refractivity contribution in [1.82, 2.24) is 0 Å².